The number of nitrogens with zero attached hydrogens (tertiary/aromatic N) is 1. The Kier molecular flexibility index (Phi) is 2.88. The largest absolute Gasteiger partial charge is 0.481 e. The number of fused-ring (bicyclic) bond motifs is 1. The lowest BCUT2D eigenvalue weighted by molar-refractivity contribution is -0.138. The molecule has 0 amide bonds. The molecule has 0 bridgehead atoms. The average molecular weight is 235 g/mol. The highest BCUT2D eigenvalue weighted by atomic mass is 19.1. The fourth-order valence-electron chi connectivity index (χ4n) is 2.09. The third-order valence-electron chi connectivity index (χ3n) is 3.03. The third-order valence-corrected chi connectivity index (χ3v) is 3.03. The lowest BCUT2D eigenvalue weighted by Gasteiger charge is -2.11. The zero-order valence-electron chi connectivity index (χ0n) is 9.77. The Bertz CT molecular complexity index is 574. The van der Waals surface area contributed by atoms with E-state index in [0.29, 0.717) is 12.2 Å². The molecule has 1 aromatic heterocycles. The fraction of sp³-hybridized carbons (Fsp3) is 0.308. The van der Waals surface area contributed by atoms with Crippen LogP contribution in [-0.2, 0) is 11.3 Å². The quantitative estimate of drug-likeness (QED) is 0.888. The van der Waals surface area contributed by atoms with Gasteiger partial charge in [0.2, 0.25) is 0 Å². The van der Waals surface area contributed by atoms with Gasteiger partial charge in [-0.25, -0.2) is 4.39 Å². The van der Waals surface area contributed by atoms with Crippen molar-refractivity contribution in [2.45, 2.75) is 26.3 Å². The molecule has 0 aliphatic carbocycles. The molecule has 1 N–H and O–H groups in total. The van der Waals surface area contributed by atoms with Gasteiger partial charge in [-0.15, -0.1) is 0 Å². The first-order valence-electron chi connectivity index (χ1n) is 5.56. The average Bonchev–Trinajstić information content (AvgIpc) is 2.65. The van der Waals surface area contributed by atoms with E-state index in [1.807, 2.05) is 17.6 Å². The van der Waals surface area contributed by atoms with E-state index in [0.717, 1.165) is 10.9 Å². The number of hydrogen-bond acceptors (Lipinski definition) is 1. The summed E-state index contributed by atoms with van der Waals surface area (Å²) in [6, 6.07) is 6.32. The van der Waals surface area contributed by atoms with E-state index in [-0.39, 0.29) is 5.82 Å². The van der Waals surface area contributed by atoms with Crippen LogP contribution in [0.25, 0.3) is 10.9 Å². The van der Waals surface area contributed by atoms with Gasteiger partial charge < -0.3 is 9.67 Å². The maximum atomic E-state index is 13.2. The normalized spacial score (nSPS) is 12.9. The van der Waals surface area contributed by atoms with Crippen molar-refractivity contribution in [3.63, 3.8) is 0 Å². The second kappa shape index (κ2) is 4.20. The molecule has 0 aliphatic heterocycles. The highest BCUT2D eigenvalue weighted by Crippen LogP contribution is 2.26. The predicted octanol–water partition coefficient (Wildman–Crippen LogP) is 2.99. The van der Waals surface area contributed by atoms with Crippen LogP contribution < -0.4 is 0 Å². The number of carbonyl (C=O) groups is 1. The number of carboxylic acid groups (broad SMARTS) is 1. The monoisotopic (exact) mass is 235 g/mol. The molecule has 17 heavy (non-hydrogen) atoms. The maximum absolute atomic E-state index is 13.2. The van der Waals surface area contributed by atoms with Crippen LogP contribution in [-0.4, -0.2) is 15.6 Å². The molecule has 1 aromatic carbocycles. The van der Waals surface area contributed by atoms with Crippen molar-refractivity contribution < 1.29 is 14.3 Å². The molecule has 0 saturated carbocycles. The van der Waals surface area contributed by atoms with Crippen LogP contribution in [0.4, 0.5) is 4.39 Å². The van der Waals surface area contributed by atoms with Crippen LogP contribution in [0.1, 0.15) is 25.5 Å². The van der Waals surface area contributed by atoms with Crippen LogP contribution in [0, 0.1) is 5.82 Å². The van der Waals surface area contributed by atoms with Crippen LogP contribution >= 0.6 is 0 Å². The molecule has 0 fully saturated rings. The molecular weight excluding hydrogens is 221 g/mol. The zero-order valence-corrected chi connectivity index (χ0v) is 9.77. The molecule has 1 atom stereocenters. The van der Waals surface area contributed by atoms with E-state index < -0.39 is 11.9 Å². The van der Waals surface area contributed by atoms with E-state index in [4.69, 9.17) is 5.11 Å². The van der Waals surface area contributed by atoms with Crippen molar-refractivity contribution in [3.05, 3.63) is 35.8 Å². The third kappa shape index (κ3) is 1.90. The van der Waals surface area contributed by atoms with Gasteiger partial charge >= 0.3 is 5.97 Å². The van der Waals surface area contributed by atoms with Crippen molar-refractivity contribution in [3.8, 4) is 0 Å². The van der Waals surface area contributed by atoms with Crippen molar-refractivity contribution in [1.29, 1.82) is 0 Å². The van der Waals surface area contributed by atoms with E-state index >= 15 is 0 Å². The van der Waals surface area contributed by atoms with Crippen LogP contribution in [0.5, 0.6) is 0 Å². The van der Waals surface area contributed by atoms with E-state index in [2.05, 4.69) is 0 Å². The topological polar surface area (TPSA) is 42.2 Å². The summed E-state index contributed by atoms with van der Waals surface area (Å²) in [4.78, 5) is 11.0. The van der Waals surface area contributed by atoms with Crippen LogP contribution in [0.3, 0.4) is 0 Å². The molecule has 1 heterocycles. The summed E-state index contributed by atoms with van der Waals surface area (Å²) in [5, 5.41) is 9.92. The van der Waals surface area contributed by atoms with E-state index in [9.17, 15) is 9.18 Å². The molecular formula is C13H14FNO2. The van der Waals surface area contributed by atoms with Crippen molar-refractivity contribution >= 4 is 16.9 Å². The lowest BCUT2D eigenvalue weighted by atomic mass is 10.1. The zero-order chi connectivity index (χ0) is 12.6. The molecule has 1 unspecified atom stereocenters. The minimum Gasteiger partial charge on any atom is -0.481 e. The van der Waals surface area contributed by atoms with Gasteiger partial charge in [-0.3, -0.25) is 4.79 Å². The molecule has 4 heteroatoms. The molecule has 2 aromatic rings. The smallest absolute Gasteiger partial charge is 0.312 e. The summed E-state index contributed by atoms with van der Waals surface area (Å²) in [7, 11) is 0. The summed E-state index contributed by atoms with van der Waals surface area (Å²) < 4.78 is 15.0. The number of aliphatic carboxylic acids is 1. The fourth-order valence-corrected chi connectivity index (χ4v) is 2.09. The molecule has 0 aliphatic rings. The minimum atomic E-state index is -0.872. The SMILES string of the molecule is CCn1c(C(C)C(=O)O)cc2ccc(F)cc21. The molecule has 0 saturated heterocycles. The Hall–Kier alpha value is -1.84. The van der Waals surface area contributed by atoms with Gasteiger partial charge in [0.1, 0.15) is 5.82 Å². The lowest BCUT2D eigenvalue weighted by Crippen LogP contribution is -2.12. The Morgan fingerprint density at radius 2 is 2.18 bits per heavy atom. The first-order valence-corrected chi connectivity index (χ1v) is 5.56. The van der Waals surface area contributed by atoms with Gasteiger partial charge in [0.05, 0.1) is 11.4 Å². The first-order chi connectivity index (χ1) is 8.04. The summed E-state index contributed by atoms with van der Waals surface area (Å²) >= 11 is 0. The van der Waals surface area contributed by atoms with Crippen LogP contribution in [0.15, 0.2) is 24.3 Å². The number of aryl methyl sites for hydroxylation is 1. The molecule has 2 rings (SSSR count). The van der Waals surface area contributed by atoms with Crippen LogP contribution in [0.2, 0.25) is 0 Å². The highest BCUT2D eigenvalue weighted by Gasteiger charge is 2.19. The number of benzene rings is 1. The van der Waals surface area contributed by atoms with Gasteiger partial charge in [-0.1, -0.05) is 0 Å². The van der Waals surface area contributed by atoms with Gasteiger partial charge in [0.15, 0.2) is 0 Å². The minimum absolute atomic E-state index is 0.306. The number of carboxylic acids is 1. The van der Waals surface area contributed by atoms with Crippen molar-refractivity contribution in [2.24, 2.45) is 0 Å². The second-order valence-corrected chi connectivity index (χ2v) is 4.08. The summed E-state index contributed by atoms with van der Waals surface area (Å²) in [6.45, 7) is 4.18. The first kappa shape index (κ1) is 11.6. The Morgan fingerprint density at radius 3 is 2.76 bits per heavy atom. The van der Waals surface area contributed by atoms with E-state index in [1.165, 1.54) is 12.1 Å². The van der Waals surface area contributed by atoms with Gasteiger partial charge in [-0.05, 0) is 38.1 Å². The number of hydrogen-bond donors (Lipinski definition) is 1. The van der Waals surface area contributed by atoms with E-state index in [1.54, 1.807) is 13.0 Å². The molecule has 3 nitrogen and oxygen atoms in total. The Labute approximate surface area is 98.5 Å². The van der Waals surface area contributed by atoms with Crippen molar-refractivity contribution in [1.82, 2.24) is 4.57 Å². The highest BCUT2D eigenvalue weighted by molar-refractivity contribution is 5.84. The Morgan fingerprint density at radius 1 is 1.47 bits per heavy atom. The molecule has 0 radical (unpaired) electrons. The summed E-state index contributed by atoms with van der Waals surface area (Å²) in [5.41, 5.74) is 1.45. The predicted molar refractivity (Wildman–Crippen MR) is 63.6 cm³/mol. The van der Waals surface area contributed by atoms with Crippen molar-refractivity contribution in [2.75, 3.05) is 0 Å². The Balaban J connectivity index is 2.68. The van der Waals surface area contributed by atoms with Gasteiger partial charge in [-0.2, -0.15) is 0 Å². The van der Waals surface area contributed by atoms with Gasteiger partial charge in [0.25, 0.3) is 0 Å². The maximum Gasteiger partial charge on any atom is 0.312 e. The number of halogens is 1. The number of aromatic nitrogens is 1. The van der Waals surface area contributed by atoms with Gasteiger partial charge in [0, 0.05) is 17.6 Å². The standard InChI is InChI=1S/C13H14FNO2/c1-3-15-11(8(2)13(16)17)6-9-4-5-10(14)7-12(9)15/h4-8H,3H2,1-2H3,(H,16,17). The number of rotatable bonds is 3. The molecule has 90 valence electrons. The summed E-state index contributed by atoms with van der Waals surface area (Å²) in [6.07, 6.45) is 0. The molecule has 0 spiro atoms. The summed E-state index contributed by atoms with van der Waals surface area (Å²) in [5.74, 6) is -1.77. The second-order valence-electron chi connectivity index (χ2n) is 4.08.